The van der Waals surface area contributed by atoms with E-state index in [0.717, 1.165) is 50.3 Å². The van der Waals surface area contributed by atoms with Crippen molar-refractivity contribution in [3.8, 4) is 0 Å². The van der Waals surface area contributed by atoms with Gasteiger partial charge in [-0.05, 0) is 56.8 Å². The van der Waals surface area contributed by atoms with Gasteiger partial charge in [-0.2, -0.15) is 0 Å². The summed E-state index contributed by atoms with van der Waals surface area (Å²) >= 11 is 0. The van der Waals surface area contributed by atoms with E-state index >= 15 is 0 Å². The van der Waals surface area contributed by atoms with Gasteiger partial charge in [-0.25, -0.2) is 9.59 Å². The van der Waals surface area contributed by atoms with Gasteiger partial charge in [-0.3, -0.25) is 0 Å². The molecule has 0 aromatic rings. The summed E-state index contributed by atoms with van der Waals surface area (Å²) in [6.07, 6.45) is 4.20. The van der Waals surface area contributed by atoms with Crippen molar-refractivity contribution in [3.63, 3.8) is 0 Å². The number of carbonyl (C=O) groups excluding carboxylic acids is 2. The van der Waals surface area contributed by atoms with E-state index in [4.69, 9.17) is 13.6 Å². The second-order valence-corrected chi connectivity index (χ2v) is 12.9. The van der Waals surface area contributed by atoms with Gasteiger partial charge in [0.05, 0.1) is 25.7 Å². The predicted octanol–water partition coefficient (Wildman–Crippen LogP) is 4.37. The Hall–Kier alpha value is -1.88. The van der Waals surface area contributed by atoms with Gasteiger partial charge in [-0.15, -0.1) is 0 Å². The summed E-state index contributed by atoms with van der Waals surface area (Å²) in [5, 5.41) is 0. The van der Waals surface area contributed by atoms with Crippen LogP contribution in [0.25, 0.3) is 0 Å². The third kappa shape index (κ3) is 10.1. The number of ether oxygens (including phenoxy) is 4. The summed E-state index contributed by atoms with van der Waals surface area (Å²) in [5.74, 6) is 0.666. The molecule has 152 valence electrons. The van der Waals surface area contributed by atoms with Gasteiger partial charge in [-0.1, -0.05) is 18.8 Å². The van der Waals surface area contributed by atoms with E-state index in [-0.39, 0.29) is 0 Å². The van der Waals surface area contributed by atoms with Crippen molar-refractivity contribution >= 4 is 35.0 Å². The molecule has 0 saturated carbocycles. The van der Waals surface area contributed by atoms with Crippen LogP contribution in [0.2, 0.25) is 25.2 Å². The monoisotopic (exact) mass is 414 g/mol. The van der Waals surface area contributed by atoms with Crippen molar-refractivity contribution in [2.45, 2.75) is 50.9 Å². The molecule has 0 aromatic heterocycles. The highest BCUT2D eigenvalue weighted by Crippen LogP contribution is 2.41. The van der Waals surface area contributed by atoms with Gasteiger partial charge in [0.15, 0.2) is 0 Å². The van der Waals surface area contributed by atoms with E-state index < -0.39 is 29.3 Å². The zero-order chi connectivity index (χ0) is 20.1. The van der Waals surface area contributed by atoms with Crippen LogP contribution < -0.4 is 0 Å². The zero-order valence-electron chi connectivity index (χ0n) is 16.2. The lowest BCUT2D eigenvalue weighted by atomic mass is 10.1. The first kappa shape index (κ1) is 23.2. The second kappa shape index (κ2) is 12.5. The Kier molecular flexibility index (Phi) is 10.7. The van der Waals surface area contributed by atoms with E-state index in [9.17, 15) is 9.59 Å². The molecule has 1 rings (SSSR count). The van der Waals surface area contributed by atoms with E-state index in [1.54, 1.807) is 0 Å². The first-order chi connectivity index (χ1) is 12.9. The smallest absolute Gasteiger partial charge is 0.513 e. The molecule has 27 heavy (non-hydrogen) atoms. The minimum absolute atomic E-state index is 0.331. The maximum Gasteiger partial charge on any atom is 0.513 e. The third-order valence-corrected chi connectivity index (χ3v) is 11.2. The van der Waals surface area contributed by atoms with Crippen LogP contribution in [0.3, 0.4) is 0 Å². The summed E-state index contributed by atoms with van der Waals surface area (Å²) in [5.41, 5.74) is 2.22. The fourth-order valence-corrected chi connectivity index (χ4v) is 10.6. The molecule has 1 fully saturated rings. The Labute approximate surface area is 163 Å². The molecule has 0 aliphatic carbocycles. The van der Waals surface area contributed by atoms with Gasteiger partial charge in [0.2, 0.25) is 17.0 Å². The fraction of sp³-hybridized carbons (Fsp3) is 0.611. The van der Waals surface area contributed by atoms with Gasteiger partial charge in [0, 0.05) is 0 Å². The maximum atomic E-state index is 11.0. The van der Waals surface area contributed by atoms with Crippen LogP contribution in [0, 0.1) is 5.92 Å². The van der Waals surface area contributed by atoms with Crippen molar-refractivity contribution in [3.05, 3.63) is 25.7 Å². The molecule has 1 aliphatic heterocycles. The molecule has 0 bridgehead atoms. The van der Waals surface area contributed by atoms with Crippen LogP contribution in [-0.2, 0) is 23.1 Å². The van der Waals surface area contributed by atoms with Crippen molar-refractivity contribution in [2.75, 3.05) is 13.2 Å². The molecule has 7 nitrogen and oxygen atoms in total. The summed E-state index contributed by atoms with van der Waals surface area (Å²) in [6.45, 7) is 11.7. The van der Waals surface area contributed by atoms with Crippen LogP contribution in [-0.4, -0.2) is 48.2 Å². The Bertz CT molecular complexity index is 542. The summed E-state index contributed by atoms with van der Waals surface area (Å²) < 4.78 is 25.1. The topological polar surface area (TPSA) is 80.3 Å². The first-order valence-electron chi connectivity index (χ1n) is 9.13. The second-order valence-electron chi connectivity index (χ2n) is 6.69. The highest BCUT2D eigenvalue weighted by atomic mass is 28.4. The van der Waals surface area contributed by atoms with E-state index in [1.807, 2.05) is 0 Å². The highest BCUT2D eigenvalue weighted by molar-refractivity contribution is 6.82. The van der Waals surface area contributed by atoms with E-state index in [2.05, 4.69) is 41.4 Å². The molecule has 0 aromatic carbocycles. The summed E-state index contributed by atoms with van der Waals surface area (Å²) in [7, 11) is -2.49. The van der Waals surface area contributed by atoms with E-state index in [1.165, 1.54) is 0 Å². The lowest BCUT2D eigenvalue weighted by Gasteiger charge is -2.44. The Balaban J connectivity index is 2.11. The van der Waals surface area contributed by atoms with Crippen LogP contribution in [0.4, 0.5) is 9.59 Å². The molecular formula is C18H30O7Si2. The Morgan fingerprint density at radius 2 is 1.63 bits per heavy atom. The molecular weight excluding hydrogens is 384 g/mol. The molecule has 1 saturated heterocycles. The number of hydrogen-bond acceptors (Lipinski definition) is 7. The van der Waals surface area contributed by atoms with Crippen LogP contribution in [0.15, 0.2) is 25.7 Å². The molecule has 0 N–H and O–H groups in total. The molecule has 0 spiro atoms. The van der Waals surface area contributed by atoms with Gasteiger partial charge in [0.25, 0.3) is 0 Å². The van der Waals surface area contributed by atoms with Crippen LogP contribution >= 0.6 is 0 Å². The van der Waals surface area contributed by atoms with E-state index in [0.29, 0.717) is 19.1 Å². The molecule has 0 amide bonds. The standard InChI is InChI=1S/C18H30O7Si2/c1-5-21-17(19)23-11-7-8-13-26(3)25-27(4)14-16(15-27)10-9-12-24-18(20)22-6-2/h5-6,13,16H,1-2,7-12,14-15H2,3-4H3/b26-13+. The Morgan fingerprint density at radius 1 is 1.07 bits per heavy atom. The zero-order valence-corrected chi connectivity index (χ0v) is 18.2. The number of unbranched alkanes of at least 4 members (excludes halogenated alkanes) is 1. The number of rotatable bonds is 12. The fourth-order valence-electron chi connectivity index (χ4n) is 3.16. The minimum atomic E-state index is -1.56. The minimum Gasteiger partial charge on any atom is -0.605 e. The first-order valence-corrected chi connectivity index (χ1v) is 13.9. The van der Waals surface area contributed by atoms with Crippen molar-refractivity contribution in [1.29, 1.82) is 0 Å². The quantitative estimate of drug-likeness (QED) is 0.203. The molecule has 9 heteroatoms. The highest BCUT2D eigenvalue weighted by Gasteiger charge is 2.44. The van der Waals surface area contributed by atoms with Crippen molar-refractivity contribution < 1.29 is 32.7 Å². The summed E-state index contributed by atoms with van der Waals surface area (Å²) in [4.78, 5) is 22.0. The van der Waals surface area contributed by atoms with Crippen LogP contribution in [0.1, 0.15) is 25.7 Å². The molecule has 0 radical (unpaired) electrons. The largest absolute Gasteiger partial charge is 0.605 e. The average Bonchev–Trinajstić information content (AvgIpc) is 2.57. The average molecular weight is 415 g/mol. The number of carbonyl (C=O) groups is 2. The van der Waals surface area contributed by atoms with Gasteiger partial charge < -0.3 is 23.1 Å². The SMILES string of the molecule is C=COC(=O)OCCC/C=[Si](\C)O[Si]1(C)CC(CCCOC(=O)OC=C)C1. The maximum absolute atomic E-state index is 11.0. The normalized spacial score (nSPS) is 21.4. The lowest BCUT2D eigenvalue weighted by molar-refractivity contribution is 0.0819. The van der Waals surface area contributed by atoms with Gasteiger partial charge >= 0.3 is 12.3 Å². The lowest BCUT2D eigenvalue weighted by Crippen LogP contribution is -2.49. The molecule has 0 atom stereocenters. The number of hydrogen-bond donors (Lipinski definition) is 0. The third-order valence-electron chi connectivity index (χ3n) is 4.18. The van der Waals surface area contributed by atoms with Crippen molar-refractivity contribution in [1.82, 2.24) is 0 Å². The summed E-state index contributed by atoms with van der Waals surface area (Å²) in [6, 6.07) is 2.33. The van der Waals surface area contributed by atoms with Gasteiger partial charge in [0.1, 0.15) is 0 Å². The molecule has 1 heterocycles. The van der Waals surface area contributed by atoms with Crippen molar-refractivity contribution in [2.24, 2.45) is 5.92 Å². The molecule has 1 aliphatic rings. The predicted molar refractivity (Wildman–Crippen MR) is 107 cm³/mol. The Morgan fingerprint density at radius 3 is 2.19 bits per heavy atom. The molecule has 0 unspecified atom stereocenters. The van der Waals surface area contributed by atoms with Crippen LogP contribution in [0.5, 0.6) is 0 Å².